The molecular formula is C10H15N5S. The van der Waals surface area contributed by atoms with E-state index in [1.165, 1.54) is 4.88 Å². The third-order valence-electron chi connectivity index (χ3n) is 2.32. The Morgan fingerprint density at radius 3 is 3.19 bits per heavy atom. The SMILES string of the molecule is CCc1nncn1CCNCc1cncs1. The van der Waals surface area contributed by atoms with Crippen molar-refractivity contribution in [2.75, 3.05) is 6.54 Å². The van der Waals surface area contributed by atoms with Gasteiger partial charge < -0.3 is 9.88 Å². The summed E-state index contributed by atoms with van der Waals surface area (Å²) in [4.78, 5) is 5.29. The molecule has 0 fully saturated rings. The van der Waals surface area contributed by atoms with Gasteiger partial charge in [0.2, 0.25) is 0 Å². The molecule has 0 aliphatic rings. The molecule has 2 aromatic rings. The van der Waals surface area contributed by atoms with Crippen molar-refractivity contribution < 1.29 is 0 Å². The number of hydrogen-bond donors (Lipinski definition) is 1. The van der Waals surface area contributed by atoms with E-state index < -0.39 is 0 Å². The van der Waals surface area contributed by atoms with Gasteiger partial charge >= 0.3 is 0 Å². The highest BCUT2D eigenvalue weighted by atomic mass is 32.1. The van der Waals surface area contributed by atoms with Crippen LogP contribution in [0.15, 0.2) is 18.0 Å². The summed E-state index contributed by atoms with van der Waals surface area (Å²) in [5, 5.41) is 11.3. The molecule has 1 N–H and O–H groups in total. The van der Waals surface area contributed by atoms with E-state index in [-0.39, 0.29) is 0 Å². The number of hydrogen-bond acceptors (Lipinski definition) is 5. The van der Waals surface area contributed by atoms with E-state index in [9.17, 15) is 0 Å². The number of rotatable bonds is 6. The molecule has 0 saturated heterocycles. The number of aromatic nitrogens is 4. The van der Waals surface area contributed by atoms with Crippen LogP contribution in [0.5, 0.6) is 0 Å². The van der Waals surface area contributed by atoms with E-state index in [1.807, 2.05) is 11.7 Å². The van der Waals surface area contributed by atoms with Gasteiger partial charge in [-0.3, -0.25) is 4.98 Å². The molecule has 0 bridgehead atoms. The van der Waals surface area contributed by atoms with E-state index in [0.29, 0.717) is 0 Å². The Kier molecular flexibility index (Phi) is 4.01. The van der Waals surface area contributed by atoms with Crippen molar-refractivity contribution in [2.24, 2.45) is 0 Å². The van der Waals surface area contributed by atoms with Gasteiger partial charge in [-0.05, 0) is 0 Å². The molecule has 6 heteroatoms. The number of thiazole rings is 1. The number of nitrogens with one attached hydrogen (secondary N) is 1. The lowest BCUT2D eigenvalue weighted by Gasteiger charge is -2.05. The molecule has 0 saturated carbocycles. The number of nitrogens with zero attached hydrogens (tertiary/aromatic N) is 4. The molecule has 2 rings (SSSR count). The summed E-state index contributed by atoms with van der Waals surface area (Å²) in [5.74, 6) is 1.04. The maximum absolute atomic E-state index is 4.04. The molecule has 0 amide bonds. The molecule has 2 heterocycles. The molecule has 0 unspecified atom stereocenters. The van der Waals surface area contributed by atoms with Gasteiger partial charge in [0.25, 0.3) is 0 Å². The molecule has 0 aromatic carbocycles. The fourth-order valence-corrected chi connectivity index (χ4v) is 2.04. The van der Waals surface area contributed by atoms with Crippen LogP contribution in [-0.4, -0.2) is 26.3 Å². The molecule has 0 spiro atoms. The Morgan fingerprint density at radius 1 is 1.50 bits per heavy atom. The molecule has 0 radical (unpaired) electrons. The first-order valence-corrected chi connectivity index (χ1v) is 6.23. The molecule has 0 aliphatic carbocycles. The van der Waals surface area contributed by atoms with Crippen molar-refractivity contribution in [2.45, 2.75) is 26.4 Å². The zero-order valence-corrected chi connectivity index (χ0v) is 10.1. The summed E-state index contributed by atoms with van der Waals surface area (Å²) in [7, 11) is 0. The largest absolute Gasteiger partial charge is 0.316 e. The Balaban J connectivity index is 1.72. The van der Waals surface area contributed by atoms with Crippen LogP contribution >= 0.6 is 11.3 Å². The highest BCUT2D eigenvalue weighted by Gasteiger charge is 2.00. The Labute approximate surface area is 98.5 Å². The smallest absolute Gasteiger partial charge is 0.132 e. The second kappa shape index (κ2) is 5.72. The van der Waals surface area contributed by atoms with E-state index >= 15 is 0 Å². The van der Waals surface area contributed by atoms with Gasteiger partial charge in [0.1, 0.15) is 12.2 Å². The van der Waals surface area contributed by atoms with E-state index in [1.54, 1.807) is 17.7 Å². The third kappa shape index (κ3) is 2.86. The van der Waals surface area contributed by atoms with Crippen LogP contribution in [0, 0.1) is 0 Å². The van der Waals surface area contributed by atoms with Crippen molar-refractivity contribution in [1.82, 2.24) is 25.1 Å². The van der Waals surface area contributed by atoms with Crippen molar-refractivity contribution >= 4 is 11.3 Å². The van der Waals surface area contributed by atoms with Crippen molar-refractivity contribution in [3.8, 4) is 0 Å². The van der Waals surface area contributed by atoms with E-state index in [2.05, 4.69) is 32.0 Å². The topological polar surface area (TPSA) is 55.6 Å². The Hall–Kier alpha value is -1.27. The summed E-state index contributed by atoms with van der Waals surface area (Å²) in [6.07, 6.45) is 4.61. The first kappa shape index (κ1) is 11.2. The normalized spacial score (nSPS) is 10.8. The number of aryl methyl sites for hydroxylation is 1. The lowest BCUT2D eigenvalue weighted by atomic mass is 10.4. The van der Waals surface area contributed by atoms with Crippen LogP contribution < -0.4 is 5.32 Å². The summed E-state index contributed by atoms with van der Waals surface area (Å²) in [6.45, 7) is 4.80. The van der Waals surface area contributed by atoms with Gasteiger partial charge in [-0.15, -0.1) is 21.5 Å². The van der Waals surface area contributed by atoms with Crippen LogP contribution in [0.4, 0.5) is 0 Å². The van der Waals surface area contributed by atoms with Crippen LogP contribution in [-0.2, 0) is 19.5 Å². The fourth-order valence-electron chi connectivity index (χ4n) is 1.48. The fraction of sp³-hybridized carbons (Fsp3) is 0.500. The predicted octanol–water partition coefficient (Wildman–Crippen LogP) is 1.09. The monoisotopic (exact) mass is 237 g/mol. The van der Waals surface area contributed by atoms with E-state index in [4.69, 9.17) is 0 Å². The third-order valence-corrected chi connectivity index (χ3v) is 3.10. The maximum Gasteiger partial charge on any atom is 0.132 e. The lowest BCUT2D eigenvalue weighted by Crippen LogP contribution is -2.19. The molecule has 0 aliphatic heterocycles. The molecule has 86 valence electrons. The van der Waals surface area contributed by atoms with Gasteiger partial charge in [0.05, 0.1) is 5.51 Å². The van der Waals surface area contributed by atoms with Crippen LogP contribution in [0.3, 0.4) is 0 Å². The predicted molar refractivity (Wildman–Crippen MR) is 63.2 cm³/mol. The Bertz CT molecular complexity index is 409. The van der Waals surface area contributed by atoms with Crippen molar-refractivity contribution in [3.63, 3.8) is 0 Å². The minimum Gasteiger partial charge on any atom is -0.316 e. The Morgan fingerprint density at radius 2 is 2.44 bits per heavy atom. The first-order chi connectivity index (χ1) is 7.90. The van der Waals surface area contributed by atoms with E-state index in [0.717, 1.165) is 31.9 Å². The molecular weight excluding hydrogens is 222 g/mol. The zero-order valence-electron chi connectivity index (χ0n) is 9.26. The average molecular weight is 237 g/mol. The summed E-state index contributed by atoms with van der Waals surface area (Å²) < 4.78 is 2.08. The van der Waals surface area contributed by atoms with Gasteiger partial charge in [0, 0.05) is 37.1 Å². The molecule has 2 aromatic heterocycles. The molecule has 5 nitrogen and oxygen atoms in total. The zero-order chi connectivity index (χ0) is 11.2. The standard InChI is InChI=1S/C10H15N5S/c1-2-10-14-13-7-15(10)4-3-11-5-9-6-12-8-16-9/h6-8,11H,2-5H2,1H3. The lowest BCUT2D eigenvalue weighted by molar-refractivity contribution is 0.582. The quantitative estimate of drug-likeness (QED) is 0.764. The molecule has 0 atom stereocenters. The maximum atomic E-state index is 4.04. The highest BCUT2D eigenvalue weighted by molar-refractivity contribution is 7.09. The van der Waals surface area contributed by atoms with Gasteiger partial charge in [-0.2, -0.15) is 0 Å². The minimum absolute atomic E-state index is 0.883. The second-order valence-corrected chi connectivity index (χ2v) is 4.41. The van der Waals surface area contributed by atoms with Crippen LogP contribution in [0.25, 0.3) is 0 Å². The van der Waals surface area contributed by atoms with Crippen molar-refractivity contribution in [1.29, 1.82) is 0 Å². The molecule has 16 heavy (non-hydrogen) atoms. The summed E-state index contributed by atoms with van der Waals surface area (Å²) in [5.41, 5.74) is 1.85. The van der Waals surface area contributed by atoms with Gasteiger partial charge in [0.15, 0.2) is 0 Å². The van der Waals surface area contributed by atoms with Crippen LogP contribution in [0.1, 0.15) is 17.6 Å². The summed E-state index contributed by atoms with van der Waals surface area (Å²) in [6, 6.07) is 0. The van der Waals surface area contributed by atoms with Crippen molar-refractivity contribution in [3.05, 3.63) is 28.7 Å². The summed E-state index contributed by atoms with van der Waals surface area (Å²) >= 11 is 1.67. The highest BCUT2D eigenvalue weighted by Crippen LogP contribution is 2.03. The van der Waals surface area contributed by atoms with Gasteiger partial charge in [-0.1, -0.05) is 6.92 Å². The first-order valence-electron chi connectivity index (χ1n) is 5.35. The second-order valence-electron chi connectivity index (χ2n) is 3.44. The van der Waals surface area contributed by atoms with Crippen LogP contribution in [0.2, 0.25) is 0 Å². The average Bonchev–Trinajstić information content (AvgIpc) is 2.95. The minimum atomic E-state index is 0.883. The van der Waals surface area contributed by atoms with Gasteiger partial charge in [-0.25, -0.2) is 0 Å².